The van der Waals surface area contributed by atoms with Crippen LogP contribution in [0.3, 0.4) is 0 Å². The zero-order chi connectivity index (χ0) is 13.7. The number of likely N-dealkylation sites (N-methyl/N-ethyl adjacent to an activating group) is 1. The molecule has 1 atom stereocenters. The molecule has 1 aliphatic rings. The summed E-state index contributed by atoms with van der Waals surface area (Å²) in [5, 5.41) is 0. The highest BCUT2D eigenvalue weighted by atomic mass is 16.5. The molecule has 1 aliphatic heterocycles. The van der Waals surface area contributed by atoms with E-state index in [1.54, 1.807) is 0 Å². The van der Waals surface area contributed by atoms with Gasteiger partial charge < -0.3 is 14.4 Å². The first-order valence-corrected chi connectivity index (χ1v) is 6.68. The number of likely N-dealkylation sites (tertiary alicyclic amines) is 1. The van der Waals surface area contributed by atoms with Crippen molar-refractivity contribution in [1.82, 2.24) is 4.90 Å². The Morgan fingerprint density at radius 2 is 2.11 bits per heavy atom. The summed E-state index contributed by atoms with van der Waals surface area (Å²) in [6, 6.07) is 7.98. The van der Waals surface area contributed by atoms with Crippen molar-refractivity contribution < 1.29 is 14.3 Å². The van der Waals surface area contributed by atoms with Crippen LogP contribution in [-0.2, 0) is 16.0 Å². The average Bonchev–Trinajstić information content (AvgIpc) is 2.83. The number of rotatable bonds is 5. The minimum absolute atomic E-state index is 0.172. The topological polar surface area (TPSA) is 38.8 Å². The van der Waals surface area contributed by atoms with Crippen LogP contribution in [0.2, 0.25) is 0 Å². The number of nitrogens with zero attached hydrogens (tertiary/aromatic N) is 1. The summed E-state index contributed by atoms with van der Waals surface area (Å²) in [5.41, 5.74) is 1.13. The number of carbonyl (C=O) groups excluding carboxylic acids is 1. The molecule has 0 bridgehead atoms. The van der Waals surface area contributed by atoms with Crippen LogP contribution < -0.4 is 4.74 Å². The van der Waals surface area contributed by atoms with Gasteiger partial charge in [-0.15, -0.1) is 0 Å². The molecular weight excluding hydrogens is 242 g/mol. The molecule has 0 aliphatic carbocycles. The van der Waals surface area contributed by atoms with Crippen molar-refractivity contribution in [3.05, 3.63) is 29.8 Å². The SMILES string of the molecule is COC(=O)CCc1ccc(OC2CCN(C)C2)cc1. The highest BCUT2D eigenvalue weighted by molar-refractivity contribution is 5.69. The van der Waals surface area contributed by atoms with E-state index < -0.39 is 0 Å². The molecule has 0 amide bonds. The van der Waals surface area contributed by atoms with Gasteiger partial charge in [0.05, 0.1) is 7.11 Å². The molecule has 1 aromatic rings. The molecule has 1 fully saturated rings. The second-order valence-electron chi connectivity index (χ2n) is 5.01. The molecule has 2 rings (SSSR count). The maximum Gasteiger partial charge on any atom is 0.305 e. The number of aryl methyl sites for hydroxylation is 1. The first-order valence-electron chi connectivity index (χ1n) is 6.68. The van der Waals surface area contributed by atoms with Crippen molar-refractivity contribution in [2.24, 2.45) is 0 Å². The fourth-order valence-electron chi connectivity index (χ4n) is 2.27. The van der Waals surface area contributed by atoms with E-state index in [4.69, 9.17) is 4.74 Å². The Labute approximate surface area is 114 Å². The maximum atomic E-state index is 11.1. The Hall–Kier alpha value is -1.55. The van der Waals surface area contributed by atoms with E-state index in [-0.39, 0.29) is 5.97 Å². The standard InChI is InChI=1S/C15H21NO3/c1-16-10-9-14(11-16)19-13-6-3-12(4-7-13)5-8-15(17)18-2/h3-4,6-7,14H,5,8-11H2,1-2H3. The molecule has 0 radical (unpaired) electrons. The van der Waals surface area contributed by atoms with Gasteiger partial charge in [0, 0.05) is 19.5 Å². The second kappa shape index (κ2) is 6.57. The van der Waals surface area contributed by atoms with Crippen LogP contribution in [0, 0.1) is 0 Å². The predicted molar refractivity (Wildman–Crippen MR) is 73.3 cm³/mol. The number of ether oxygens (including phenoxy) is 2. The van der Waals surface area contributed by atoms with Gasteiger partial charge in [0.15, 0.2) is 0 Å². The molecule has 0 N–H and O–H groups in total. The third-order valence-corrected chi connectivity index (χ3v) is 3.42. The van der Waals surface area contributed by atoms with E-state index in [0.717, 1.165) is 30.8 Å². The number of hydrogen-bond donors (Lipinski definition) is 0. The summed E-state index contributed by atoms with van der Waals surface area (Å²) < 4.78 is 10.5. The van der Waals surface area contributed by atoms with Crippen LogP contribution in [-0.4, -0.2) is 44.2 Å². The smallest absolute Gasteiger partial charge is 0.305 e. The summed E-state index contributed by atoms with van der Waals surface area (Å²) >= 11 is 0. The van der Waals surface area contributed by atoms with E-state index in [0.29, 0.717) is 18.9 Å². The summed E-state index contributed by atoms with van der Waals surface area (Å²) in [4.78, 5) is 13.3. The first kappa shape index (κ1) is 13.9. The van der Waals surface area contributed by atoms with E-state index >= 15 is 0 Å². The third kappa shape index (κ3) is 4.24. The highest BCUT2D eigenvalue weighted by Crippen LogP contribution is 2.18. The molecule has 0 spiro atoms. The van der Waals surface area contributed by atoms with Gasteiger partial charge in [-0.1, -0.05) is 12.1 Å². The summed E-state index contributed by atoms with van der Waals surface area (Å²) in [5.74, 6) is 0.733. The van der Waals surface area contributed by atoms with Crippen molar-refractivity contribution in [2.75, 3.05) is 27.2 Å². The zero-order valence-electron chi connectivity index (χ0n) is 11.6. The normalized spacial score (nSPS) is 19.4. The summed E-state index contributed by atoms with van der Waals surface area (Å²) in [7, 11) is 3.52. The van der Waals surface area contributed by atoms with Gasteiger partial charge in [0.25, 0.3) is 0 Å². The first-order chi connectivity index (χ1) is 9.17. The molecule has 1 heterocycles. The second-order valence-corrected chi connectivity index (χ2v) is 5.01. The van der Waals surface area contributed by atoms with Gasteiger partial charge in [-0.3, -0.25) is 4.79 Å². The van der Waals surface area contributed by atoms with Crippen molar-refractivity contribution in [3.8, 4) is 5.75 Å². The van der Waals surface area contributed by atoms with Crippen LogP contribution in [0.4, 0.5) is 0 Å². The fraction of sp³-hybridized carbons (Fsp3) is 0.533. The molecular formula is C15H21NO3. The third-order valence-electron chi connectivity index (χ3n) is 3.42. The van der Waals surface area contributed by atoms with Gasteiger partial charge in [-0.2, -0.15) is 0 Å². The van der Waals surface area contributed by atoms with Gasteiger partial charge in [0.1, 0.15) is 11.9 Å². The lowest BCUT2D eigenvalue weighted by Gasteiger charge is -2.14. The van der Waals surface area contributed by atoms with E-state index in [1.165, 1.54) is 7.11 Å². The van der Waals surface area contributed by atoms with E-state index in [2.05, 4.69) is 16.7 Å². The Morgan fingerprint density at radius 3 is 2.68 bits per heavy atom. The van der Waals surface area contributed by atoms with E-state index in [9.17, 15) is 4.79 Å². The molecule has 0 saturated carbocycles. The number of benzene rings is 1. The Bertz CT molecular complexity index is 416. The molecule has 19 heavy (non-hydrogen) atoms. The Balaban J connectivity index is 1.82. The van der Waals surface area contributed by atoms with Crippen molar-refractivity contribution in [2.45, 2.75) is 25.4 Å². The van der Waals surface area contributed by atoms with E-state index in [1.807, 2.05) is 24.3 Å². The number of hydrogen-bond acceptors (Lipinski definition) is 4. The highest BCUT2D eigenvalue weighted by Gasteiger charge is 2.20. The van der Waals surface area contributed by atoms with Gasteiger partial charge in [-0.05, 0) is 37.6 Å². The minimum atomic E-state index is -0.172. The lowest BCUT2D eigenvalue weighted by Crippen LogP contribution is -2.21. The van der Waals surface area contributed by atoms with Crippen molar-refractivity contribution in [3.63, 3.8) is 0 Å². The Morgan fingerprint density at radius 1 is 1.37 bits per heavy atom. The number of methoxy groups -OCH3 is 1. The van der Waals surface area contributed by atoms with Crippen LogP contribution >= 0.6 is 0 Å². The predicted octanol–water partition coefficient (Wildman–Crippen LogP) is 1.88. The van der Waals surface area contributed by atoms with Gasteiger partial charge >= 0.3 is 5.97 Å². The molecule has 0 aromatic heterocycles. The van der Waals surface area contributed by atoms with Gasteiger partial charge in [0.2, 0.25) is 0 Å². The monoisotopic (exact) mass is 263 g/mol. The van der Waals surface area contributed by atoms with Crippen LogP contribution in [0.5, 0.6) is 5.75 Å². The van der Waals surface area contributed by atoms with Crippen LogP contribution in [0.1, 0.15) is 18.4 Å². The van der Waals surface area contributed by atoms with Crippen LogP contribution in [0.15, 0.2) is 24.3 Å². The van der Waals surface area contributed by atoms with Crippen molar-refractivity contribution >= 4 is 5.97 Å². The number of esters is 1. The zero-order valence-corrected chi connectivity index (χ0v) is 11.6. The largest absolute Gasteiger partial charge is 0.489 e. The van der Waals surface area contributed by atoms with Crippen LogP contribution in [0.25, 0.3) is 0 Å². The molecule has 1 unspecified atom stereocenters. The maximum absolute atomic E-state index is 11.1. The molecule has 1 aromatic carbocycles. The quantitative estimate of drug-likeness (QED) is 0.760. The lowest BCUT2D eigenvalue weighted by molar-refractivity contribution is -0.140. The van der Waals surface area contributed by atoms with Gasteiger partial charge in [-0.25, -0.2) is 0 Å². The minimum Gasteiger partial charge on any atom is -0.489 e. The fourth-order valence-corrected chi connectivity index (χ4v) is 2.27. The summed E-state index contributed by atoms with van der Waals surface area (Å²) in [6.45, 7) is 2.09. The lowest BCUT2D eigenvalue weighted by atomic mass is 10.1. The summed E-state index contributed by atoms with van der Waals surface area (Å²) in [6.07, 6.45) is 2.51. The number of carbonyl (C=O) groups is 1. The Kier molecular flexibility index (Phi) is 4.80. The molecule has 1 saturated heterocycles. The molecule has 4 heteroatoms. The average molecular weight is 263 g/mol. The molecule has 104 valence electrons. The van der Waals surface area contributed by atoms with Crippen molar-refractivity contribution in [1.29, 1.82) is 0 Å². The molecule has 4 nitrogen and oxygen atoms in total.